The van der Waals surface area contributed by atoms with Gasteiger partial charge in [-0.25, -0.2) is 0 Å². The zero-order valence-electron chi connectivity index (χ0n) is 30.0. The van der Waals surface area contributed by atoms with Gasteiger partial charge in [-0.15, -0.1) is 13.2 Å². The maximum Gasteiger partial charge on any atom is 0.313 e. The molecule has 0 aromatic heterocycles. The maximum atomic E-state index is 14.8. The minimum Gasteiger partial charge on any atom is -0.455 e. The molecule has 1 unspecified atom stereocenters. The number of carbonyl (C=O) groups is 4. The van der Waals surface area contributed by atoms with Crippen molar-refractivity contribution in [3.05, 3.63) is 61.2 Å². The van der Waals surface area contributed by atoms with Gasteiger partial charge in [-0.05, 0) is 58.4 Å². The number of halogens is 1. The zero-order valence-corrected chi connectivity index (χ0v) is 31.6. The molecule has 0 radical (unpaired) electrons. The van der Waals surface area contributed by atoms with Crippen molar-refractivity contribution in [2.75, 3.05) is 20.2 Å². The Morgan fingerprint density at radius 3 is 2.37 bits per heavy atom. The number of aliphatic hydroxyl groups is 1. The predicted octanol–water partition coefficient (Wildman–Crippen LogP) is 5.05. The molecule has 3 fully saturated rings. The third kappa shape index (κ3) is 7.40. The van der Waals surface area contributed by atoms with Crippen LogP contribution in [0.3, 0.4) is 0 Å². The van der Waals surface area contributed by atoms with Crippen LogP contribution in [-0.2, 0) is 28.7 Å². The summed E-state index contributed by atoms with van der Waals surface area (Å²) in [5, 5.41) is 10.7. The first-order valence-electron chi connectivity index (χ1n) is 17.3. The number of ether oxygens (including phenoxy) is 2. The summed E-state index contributed by atoms with van der Waals surface area (Å²) < 4.78 is 13.1. The summed E-state index contributed by atoms with van der Waals surface area (Å²) in [5.74, 6) is -3.35. The lowest BCUT2D eigenvalue weighted by atomic mass is 9.70. The number of rotatable bonds is 15. The molecule has 0 saturated carbocycles. The Balaban J connectivity index is 1.78. The first kappa shape index (κ1) is 38.8. The fraction of sp³-hybridized carbons (Fsp3) is 0.632. The molecule has 4 rings (SSSR count). The van der Waals surface area contributed by atoms with Gasteiger partial charge < -0.3 is 29.3 Å². The van der Waals surface area contributed by atoms with Gasteiger partial charge >= 0.3 is 5.97 Å². The molecule has 3 heterocycles. The fourth-order valence-corrected chi connectivity index (χ4v) is 8.87. The third-order valence-electron chi connectivity index (χ3n) is 10.3. The molecule has 270 valence electrons. The minimum atomic E-state index is -1.32. The van der Waals surface area contributed by atoms with Gasteiger partial charge in [0.2, 0.25) is 17.7 Å². The number of benzene rings is 1. The number of fused-ring (bicyclic) bond motifs is 1. The number of alkyl halides is 1. The number of likely N-dealkylation sites (tertiary alicyclic amines) is 1. The van der Waals surface area contributed by atoms with E-state index in [2.05, 4.69) is 29.1 Å². The summed E-state index contributed by atoms with van der Waals surface area (Å²) in [4.78, 5) is 61.6. The van der Waals surface area contributed by atoms with E-state index in [4.69, 9.17) is 9.47 Å². The van der Waals surface area contributed by atoms with Gasteiger partial charge in [0, 0.05) is 30.4 Å². The number of aliphatic hydroxyl groups excluding tert-OH is 1. The highest BCUT2D eigenvalue weighted by Gasteiger charge is 2.77. The number of allylic oxidation sites excluding steroid dienone is 1. The van der Waals surface area contributed by atoms with Crippen LogP contribution in [0.25, 0.3) is 0 Å². The molecular formula is C38H54BrN3O7. The Hall–Kier alpha value is -3.02. The van der Waals surface area contributed by atoms with Gasteiger partial charge in [0.1, 0.15) is 17.7 Å². The Kier molecular flexibility index (Phi) is 12.2. The van der Waals surface area contributed by atoms with Crippen LogP contribution in [-0.4, -0.2) is 104 Å². The van der Waals surface area contributed by atoms with Gasteiger partial charge in [0.25, 0.3) is 0 Å². The van der Waals surface area contributed by atoms with Crippen LogP contribution in [0.4, 0.5) is 0 Å². The Morgan fingerprint density at radius 1 is 1.16 bits per heavy atom. The molecule has 0 aliphatic carbocycles. The molecule has 3 aliphatic rings. The molecule has 11 heteroatoms. The van der Waals surface area contributed by atoms with Crippen LogP contribution in [0, 0.1) is 17.8 Å². The second kappa shape index (κ2) is 15.5. The van der Waals surface area contributed by atoms with Crippen molar-refractivity contribution in [3.8, 4) is 0 Å². The summed E-state index contributed by atoms with van der Waals surface area (Å²) in [6.45, 7) is 19.1. The first-order valence-corrected chi connectivity index (χ1v) is 18.3. The van der Waals surface area contributed by atoms with Crippen molar-refractivity contribution in [2.45, 2.75) is 114 Å². The monoisotopic (exact) mass is 743 g/mol. The lowest BCUT2D eigenvalue weighted by Gasteiger charge is -2.43. The Labute approximate surface area is 300 Å². The molecule has 3 saturated heterocycles. The number of likely N-dealkylation sites (N-methyl/N-ethyl adjacent to an activating group) is 1. The maximum absolute atomic E-state index is 14.8. The molecule has 1 N–H and O–H groups in total. The second-order valence-electron chi connectivity index (χ2n) is 15.1. The lowest BCUT2D eigenvalue weighted by Crippen LogP contribution is -2.62. The molecule has 3 amide bonds. The molecule has 1 spiro atoms. The van der Waals surface area contributed by atoms with Gasteiger partial charge in [0.05, 0.1) is 36.6 Å². The summed E-state index contributed by atoms with van der Waals surface area (Å²) in [7, 11) is 1.69. The SMILES string of the molecule is C=CCCC(=O)N(C)[C@@H](C)[C@@H](OC(=O)[C@@H]1[C@H]2O[C@@]3(CC2Br)[C@H](C(=O)N(CC=C)C(C)(C)C)N([C@@H](CO)CC(C)C)C(=O)[C@@H]13)c1ccccc1. The van der Waals surface area contributed by atoms with E-state index in [-0.39, 0.29) is 42.1 Å². The van der Waals surface area contributed by atoms with Crippen molar-refractivity contribution in [1.29, 1.82) is 0 Å². The molecule has 2 bridgehead atoms. The highest BCUT2D eigenvalue weighted by Crippen LogP contribution is 2.61. The molecule has 10 nitrogen and oxygen atoms in total. The molecule has 49 heavy (non-hydrogen) atoms. The minimum absolute atomic E-state index is 0.113. The van der Waals surface area contributed by atoms with Crippen LogP contribution in [0.2, 0.25) is 0 Å². The van der Waals surface area contributed by atoms with Crippen molar-refractivity contribution in [3.63, 3.8) is 0 Å². The average molecular weight is 745 g/mol. The lowest BCUT2D eigenvalue weighted by molar-refractivity contribution is -0.165. The third-order valence-corrected chi connectivity index (χ3v) is 11.2. The van der Waals surface area contributed by atoms with Crippen LogP contribution in [0.5, 0.6) is 0 Å². The molecule has 3 aliphatic heterocycles. The summed E-state index contributed by atoms with van der Waals surface area (Å²) in [6, 6.07) is 6.97. The smallest absolute Gasteiger partial charge is 0.313 e. The average Bonchev–Trinajstić information content (AvgIpc) is 3.65. The quantitative estimate of drug-likeness (QED) is 0.152. The number of amides is 3. The fourth-order valence-electron chi connectivity index (χ4n) is 7.92. The first-order chi connectivity index (χ1) is 23.0. The van der Waals surface area contributed by atoms with E-state index in [1.54, 1.807) is 29.0 Å². The second-order valence-corrected chi connectivity index (χ2v) is 16.3. The van der Waals surface area contributed by atoms with Gasteiger partial charge in [0.15, 0.2) is 0 Å². The number of carbonyl (C=O) groups excluding carboxylic acids is 4. The standard InChI is InChI=1S/C38H54BrN3O7/c1-10-12-18-28(44)40(9)24(5)31(25-16-14-13-15-17-25)48-36(47)29-30-34(45)42(26(22-43)20-23(3)4)33(38(30)21-27(39)32(29)49-38)35(46)41(19-11-2)37(6,7)8/h10-11,13-17,23-24,26-27,29-33,43H,1-2,12,18-22H2,3-9H3/t24-,26+,27?,29-,30+,31+,32-,33-,38+/m0/s1. The highest BCUT2D eigenvalue weighted by molar-refractivity contribution is 9.09. The number of hydrogen-bond acceptors (Lipinski definition) is 7. The van der Waals surface area contributed by atoms with Crippen molar-refractivity contribution >= 4 is 39.6 Å². The molecule has 1 aromatic carbocycles. The Bertz CT molecular complexity index is 1400. The number of esters is 1. The van der Waals surface area contributed by atoms with Crippen molar-refractivity contribution < 1.29 is 33.8 Å². The van der Waals surface area contributed by atoms with E-state index in [1.807, 2.05) is 71.9 Å². The van der Waals surface area contributed by atoms with Gasteiger partial charge in [-0.2, -0.15) is 0 Å². The largest absolute Gasteiger partial charge is 0.455 e. The highest BCUT2D eigenvalue weighted by atomic mass is 79.9. The summed E-state index contributed by atoms with van der Waals surface area (Å²) in [5.41, 5.74) is -1.23. The van der Waals surface area contributed by atoms with Crippen LogP contribution in [0.15, 0.2) is 55.6 Å². The van der Waals surface area contributed by atoms with E-state index < -0.39 is 65.2 Å². The van der Waals surface area contributed by atoms with Gasteiger partial charge in [-0.1, -0.05) is 72.3 Å². The van der Waals surface area contributed by atoms with E-state index in [0.717, 1.165) is 0 Å². The zero-order chi connectivity index (χ0) is 36.4. The normalized spacial score (nSPS) is 27.8. The number of hydrogen-bond donors (Lipinski definition) is 1. The van der Waals surface area contributed by atoms with Gasteiger partial charge in [-0.3, -0.25) is 19.2 Å². The van der Waals surface area contributed by atoms with Crippen molar-refractivity contribution in [1.82, 2.24) is 14.7 Å². The van der Waals surface area contributed by atoms with E-state index in [1.165, 1.54) is 4.90 Å². The Morgan fingerprint density at radius 2 is 1.82 bits per heavy atom. The van der Waals surface area contributed by atoms with Crippen LogP contribution < -0.4 is 0 Å². The molecule has 1 aromatic rings. The molecular weight excluding hydrogens is 690 g/mol. The van der Waals surface area contributed by atoms with Crippen LogP contribution in [0.1, 0.15) is 78.9 Å². The predicted molar refractivity (Wildman–Crippen MR) is 191 cm³/mol. The van der Waals surface area contributed by atoms with E-state index >= 15 is 0 Å². The van der Waals surface area contributed by atoms with E-state index in [0.29, 0.717) is 24.8 Å². The van der Waals surface area contributed by atoms with Crippen LogP contribution >= 0.6 is 15.9 Å². The summed E-state index contributed by atoms with van der Waals surface area (Å²) in [6.07, 6.45) is 3.36. The number of nitrogens with zero attached hydrogens (tertiary/aromatic N) is 3. The summed E-state index contributed by atoms with van der Waals surface area (Å²) >= 11 is 3.75. The van der Waals surface area contributed by atoms with Crippen molar-refractivity contribution in [2.24, 2.45) is 17.8 Å². The topological polar surface area (TPSA) is 117 Å². The van der Waals surface area contributed by atoms with E-state index in [9.17, 15) is 24.3 Å². The molecule has 9 atom stereocenters.